The van der Waals surface area contributed by atoms with Crippen LogP contribution in [0.3, 0.4) is 0 Å². The van der Waals surface area contributed by atoms with E-state index in [2.05, 4.69) is 15.9 Å². The number of Topliss-reactive ketones (excluding diaryl/α,β-unsaturated/α-hetero) is 1. The summed E-state index contributed by atoms with van der Waals surface area (Å²) in [6.45, 7) is 2.22. The minimum atomic E-state index is -0.677. The molecule has 1 fully saturated rings. The minimum absolute atomic E-state index is 0.109. The first-order chi connectivity index (χ1) is 14.5. The number of aryl methyl sites for hydroxylation is 1. The maximum absolute atomic E-state index is 13.0. The lowest BCUT2D eigenvalue weighted by Crippen LogP contribution is -2.29. The number of carbonyl (C=O) groups excluding carboxylic acids is 2. The van der Waals surface area contributed by atoms with Crippen molar-refractivity contribution >= 4 is 33.4 Å². The molecule has 1 atom stereocenters. The fourth-order valence-electron chi connectivity index (χ4n) is 3.71. The van der Waals surface area contributed by atoms with Gasteiger partial charge in [-0.05, 0) is 30.2 Å². The molecule has 1 N–H and O–H groups in total. The van der Waals surface area contributed by atoms with Gasteiger partial charge in [0.25, 0.3) is 11.7 Å². The number of hydrogen-bond acceptors (Lipinski definition) is 3. The molecule has 1 aliphatic heterocycles. The second-order valence-corrected chi connectivity index (χ2v) is 8.25. The molecule has 0 spiro atoms. The van der Waals surface area contributed by atoms with Gasteiger partial charge >= 0.3 is 0 Å². The van der Waals surface area contributed by atoms with E-state index in [4.69, 9.17) is 0 Å². The van der Waals surface area contributed by atoms with Crippen LogP contribution >= 0.6 is 15.9 Å². The highest BCUT2D eigenvalue weighted by Gasteiger charge is 2.46. The third-order valence-corrected chi connectivity index (χ3v) is 5.72. The fraction of sp³-hybridized carbons (Fsp3) is 0.120. The second kappa shape index (κ2) is 8.28. The standard InChI is InChI=1S/C25H20BrNO3/c1-16-10-12-18(13-11-16)23(28)21-22(19-8-5-9-20(26)14-19)27(25(30)24(21)29)15-17-6-3-2-4-7-17/h2-14,22,28H,15H2,1H3. The van der Waals surface area contributed by atoms with Crippen molar-refractivity contribution in [2.75, 3.05) is 0 Å². The summed E-state index contributed by atoms with van der Waals surface area (Å²) >= 11 is 3.47. The summed E-state index contributed by atoms with van der Waals surface area (Å²) in [5, 5.41) is 11.1. The molecule has 4 nitrogen and oxygen atoms in total. The number of likely N-dealkylation sites (tertiary alicyclic amines) is 1. The largest absolute Gasteiger partial charge is 0.507 e. The summed E-state index contributed by atoms with van der Waals surface area (Å²) < 4.78 is 0.834. The molecule has 0 saturated carbocycles. The molecule has 1 amide bonds. The van der Waals surface area contributed by atoms with E-state index in [1.165, 1.54) is 4.90 Å². The van der Waals surface area contributed by atoms with Gasteiger partial charge in [-0.25, -0.2) is 0 Å². The molecule has 1 saturated heterocycles. The normalized spacial score (nSPS) is 18.1. The predicted molar refractivity (Wildman–Crippen MR) is 120 cm³/mol. The zero-order valence-corrected chi connectivity index (χ0v) is 18.0. The number of rotatable bonds is 4. The molecule has 1 heterocycles. The summed E-state index contributed by atoms with van der Waals surface area (Å²) in [6.07, 6.45) is 0. The Hall–Kier alpha value is -3.18. The van der Waals surface area contributed by atoms with Gasteiger partial charge in [0.15, 0.2) is 0 Å². The van der Waals surface area contributed by atoms with Gasteiger partial charge in [0.05, 0.1) is 11.6 Å². The summed E-state index contributed by atoms with van der Waals surface area (Å²) in [7, 11) is 0. The van der Waals surface area contributed by atoms with E-state index in [0.717, 1.165) is 21.2 Å². The summed E-state index contributed by atoms with van der Waals surface area (Å²) in [6, 6.07) is 23.6. The molecule has 0 bridgehead atoms. The van der Waals surface area contributed by atoms with Crippen molar-refractivity contribution in [2.45, 2.75) is 19.5 Å². The molecule has 0 aromatic heterocycles. The Morgan fingerprint density at radius 3 is 2.33 bits per heavy atom. The third-order valence-electron chi connectivity index (χ3n) is 5.23. The number of aliphatic hydroxyl groups is 1. The lowest BCUT2D eigenvalue weighted by atomic mass is 9.95. The van der Waals surface area contributed by atoms with Crippen LogP contribution in [0.15, 0.2) is 88.9 Å². The van der Waals surface area contributed by atoms with Gasteiger partial charge in [0.2, 0.25) is 0 Å². The van der Waals surface area contributed by atoms with Crippen molar-refractivity contribution in [3.05, 3.63) is 111 Å². The molecule has 4 rings (SSSR count). The van der Waals surface area contributed by atoms with Gasteiger partial charge in [-0.3, -0.25) is 9.59 Å². The number of halogens is 1. The highest BCUT2D eigenvalue weighted by molar-refractivity contribution is 9.10. The van der Waals surface area contributed by atoms with E-state index >= 15 is 0 Å². The Kier molecular flexibility index (Phi) is 5.55. The molecule has 0 radical (unpaired) electrons. The molecule has 150 valence electrons. The Bertz CT molecular complexity index is 1140. The number of nitrogens with zero attached hydrogens (tertiary/aromatic N) is 1. The van der Waals surface area contributed by atoms with E-state index in [1.807, 2.05) is 73.7 Å². The zero-order chi connectivity index (χ0) is 21.3. The first-order valence-electron chi connectivity index (χ1n) is 9.60. The first-order valence-corrected chi connectivity index (χ1v) is 10.4. The van der Waals surface area contributed by atoms with Crippen molar-refractivity contribution in [2.24, 2.45) is 0 Å². The molecular formula is C25H20BrNO3. The highest BCUT2D eigenvalue weighted by Crippen LogP contribution is 2.40. The van der Waals surface area contributed by atoms with Crippen LogP contribution in [0.1, 0.15) is 28.3 Å². The van der Waals surface area contributed by atoms with E-state index in [1.54, 1.807) is 12.1 Å². The van der Waals surface area contributed by atoms with Crippen LogP contribution in [0.25, 0.3) is 5.76 Å². The molecule has 3 aromatic carbocycles. The van der Waals surface area contributed by atoms with Gasteiger partial charge in [0, 0.05) is 16.6 Å². The quantitative estimate of drug-likeness (QED) is 0.322. The number of aliphatic hydroxyl groups excluding tert-OH is 1. The second-order valence-electron chi connectivity index (χ2n) is 7.33. The summed E-state index contributed by atoms with van der Waals surface area (Å²) in [5.74, 6) is -1.44. The van der Waals surface area contributed by atoms with E-state index in [9.17, 15) is 14.7 Å². The van der Waals surface area contributed by atoms with Crippen molar-refractivity contribution in [3.63, 3.8) is 0 Å². The number of carbonyl (C=O) groups is 2. The van der Waals surface area contributed by atoms with Crippen LogP contribution in [0.4, 0.5) is 0 Å². The monoisotopic (exact) mass is 461 g/mol. The lowest BCUT2D eigenvalue weighted by Gasteiger charge is -2.25. The number of hydrogen-bond donors (Lipinski definition) is 1. The number of benzene rings is 3. The average Bonchev–Trinajstić information content (AvgIpc) is 2.99. The zero-order valence-electron chi connectivity index (χ0n) is 16.4. The smallest absolute Gasteiger partial charge is 0.295 e. The van der Waals surface area contributed by atoms with E-state index < -0.39 is 17.7 Å². The first kappa shape index (κ1) is 20.1. The molecular weight excluding hydrogens is 442 g/mol. The maximum Gasteiger partial charge on any atom is 0.295 e. The van der Waals surface area contributed by atoms with Gasteiger partial charge in [-0.1, -0.05) is 88.2 Å². The highest BCUT2D eigenvalue weighted by atomic mass is 79.9. The average molecular weight is 462 g/mol. The van der Waals surface area contributed by atoms with Crippen molar-refractivity contribution in [1.82, 2.24) is 4.90 Å². The van der Waals surface area contributed by atoms with Crippen LogP contribution < -0.4 is 0 Å². The lowest BCUT2D eigenvalue weighted by molar-refractivity contribution is -0.140. The molecule has 0 aliphatic carbocycles. The SMILES string of the molecule is Cc1ccc(C(O)=C2C(=O)C(=O)N(Cc3ccccc3)C2c2cccc(Br)c2)cc1. The predicted octanol–water partition coefficient (Wildman–Crippen LogP) is 5.38. The van der Waals surface area contributed by atoms with Crippen molar-refractivity contribution in [1.29, 1.82) is 0 Å². The van der Waals surface area contributed by atoms with Gasteiger partial charge < -0.3 is 10.0 Å². The minimum Gasteiger partial charge on any atom is -0.507 e. The van der Waals surface area contributed by atoms with E-state index in [-0.39, 0.29) is 17.9 Å². The molecule has 3 aromatic rings. The van der Waals surface area contributed by atoms with Crippen molar-refractivity contribution in [3.8, 4) is 0 Å². The number of ketones is 1. The van der Waals surface area contributed by atoms with Gasteiger partial charge in [0.1, 0.15) is 5.76 Å². The number of amides is 1. The van der Waals surface area contributed by atoms with Crippen LogP contribution in [-0.4, -0.2) is 21.7 Å². The summed E-state index contributed by atoms with van der Waals surface area (Å²) in [4.78, 5) is 27.6. The molecule has 5 heteroatoms. The van der Waals surface area contributed by atoms with Crippen LogP contribution in [0.2, 0.25) is 0 Å². The van der Waals surface area contributed by atoms with E-state index in [0.29, 0.717) is 5.56 Å². The Labute approximate surface area is 183 Å². The Morgan fingerprint density at radius 2 is 1.67 bits per heavy atom. The van der Waals surface area contributed by atoms with Gasteiger partial charge in [-0.15, -0.1) is 0 Å². The Morgan fingerprint density at radius 1 is 0.967 bits per heavy atom. The molecule has 1 unspecified atom stereocenters. The van der Waals surface area contributed by atoms with Crippen LogP contribution in [-0.2, 0) is 16.1 Å². The van der Waals surface area contributed by atoms with Crippen LogP contribution in [0, 0.1) is 6.92 Å². The Balaban J connectivity index is 1.87. The maximum atomic E-state index is 13.0. The fourth-order valence-corrected chi connectivity index (χ4v) is 4.13. The van der Waals surface area contributed by atoms with Crippen LogP contribution in [0.5, 0.6) is 0 Å². The van der Waals surface area contributed by atoms with Gasteiger partial charge in [-0.2, -0.15) is 0 Å². The third kappa shape index (κ3) is 3.81. The molecule has 1 aliphatic rings. The summed E-state index contributed by atoms with van der Waals surface area (Å²) in [5.41, 5.74) is 3.33. The van der Waals surface area contributed by atoms with Crippen molar-refractivity contribution < 1.29 is 14.7 Å². The molecule has 30 heavy (non-hydrogen) atoms. The topological polar surface area (TPSA) is 57.6 Å².